The van der Waals surface area contributed by atoms with E-state index in [0.717, 1.165) is 25.9 Å². The first-order valence-electron chi connectivity index (χ1n) is 8.09. The number of piperazine rings is 1. The van der Waals surface area contributed by atoms with Crippen molar-refractivity contribution in [1.82, 2.24) is 10.3 Å². The van der Waals surface area contributed by atoms with Crippen molar-refractivity contribution < 1.29 is 9.84 Å². The largest absolute Gasteiger partial charge is 0.474 e. The quantitative estimate of drug-likeness (QED) is 0.879. The Morgan fingerprint density at radius 1 is 1.33 bits per heavy atom. The molecule has 5 rings (SSSR count). The molecule has 5 heteroatoms. The van der Waals surface area contributed by atoms with Crippen LogP contribution in [-0.4, -0.2) is 47.5 Å². The van der Waals surface area contributed by atoms with Gasteiger partial charge in [-0.2, -0.15) is 0 Å². The predicted octanol–water partition coefficient (Wildman–Crippen LogP) is 1.31. The minimum absolute atomic E-state index is 0.130. The number of hydrogen-bond donors (Lipinski definition) is 2. The van der Waals surface area contributed by atoms with Crippen LogP contribution in [0.25, 0.3) is 0 Å². The van der Waals surface area contributed by atoms with Crippen LogP contribution in [0.1, 0.15) is 32.1 Å². The molecule has 1 aliphatic carbocycles. The van der Waals surface area contributed by atoms with E-state index in [2.05, 4.69) is 27.3 Å². The lowest BCUT2D eigenvalue weighted by molar-refractivity contribution is -0.0128. The molecule has 4 aliphatic rings. The molecule has 2 unspecified atom stereocenters. The van der Waals surface area contributed by atoms with Gasteiger partial charge in [0.2, 0.25) is 5.88 Å². The van der Waals surface area contributed by atoms with Crippen LogP contribution in [0.3, 0.4) is 0 Å². The van der Waals surface area contributed by atoms with Gasteiger partial charge in [-0.15, -0.1) is 0 Å². The van der Waals surface area contributed by atoms with Crippen LogP contribution in [0.15, 0.2) is 18.3 Å². The third-order valence-electron chi connectivity index (χ3n) is 5.00. The summed E-state index contributed by atoms with van der Waals surface area (Å²) in [6.07, 6.45) is 7.08. The summed E-state index contributed by atoms with van der Waals surface area (Å²) in [7, 11) is 0. The molecule has 4 heterocycles. The van der Waals surface area contributed by atoms with Crippen LogP contribution in [-0.2, 0) is 0 Å². The van der Waals surface area contributed by atoms with Crippen molar-refractivity contribution >= 4 is 5.69 Å². The Kier molecular flexibility index (Phi) is 3.47. The SMILES string of the molecule is O[C@H]1C[C@@H](Oc2cc(N3CC4CCCC3CN4)ccn2)C1. The minimum atomic E-state index is -0.189. The van der Waals surface area contributed by atoms with E-state index in [4.69, 9.17) is 4.74 Å². The number of nitrogens with one attached hydrogen (secondary N) is 1. The van der Waals surface area contributed by atoms with Crippen molar-refractivity contribution in [2.24, 2.45) is 0 Å². The number of aromatic nitrogens is 1. The average molecular weight is 289 g/mol. The lowest BCUT2D eigenvalue weighted by Gasteiger charge is -2.39. The lowest BCUT2D eigenvalue weighted by atomic mass is 9.92. The first kappa shape index (κ1) is 13.3. The standard InChI is InChI=1S/C16H23N3O2/c20-14-7-15(8-14)21-16-6-12(4-5-17-16)19-10-11-2-1-3-13(19)9-18-11/h4-6,11,13-15,18,20H,1-3,7-10H2/t11?,13?,14-,15+. The number of aliphatic hydroxyl groups is 1. The zero-order valence-electron chi connectivity index (χ0n) is 12.2. The van der Waals surface area contributed by atoms with Gasteiger partial charge in [-0.05, 0) is 25.3 Å². The van der Waals surface area contributed by atoms with Crippen LogP contribution in [0.2, 0.25) is 0 Å². The van der Waals surface area contributed by atoms with Gasteiger partial charge in [0.25, 0.3) is 0 Å². The molecular formula is C16H23N3O2. The highest BCUT2D eigenvalue weighted by Gasteiger charge is 2.32. The Labute approximate surface area is 125 Å². The monoisotopic (exact) mass is 289 g/mol. The van der Waals surface area contributed by atoms with E-state index in [1.54, 1.807) is 0 Å². The van der Waals surface area contributed by atoms with E-state index in [1.807, 2.05) is 6.20 Å². The summed E-state index contributed by atoms with van der Waals surface area (Å²) in [5, 5.41) is 13.0. The minimum Gasteiger partial charge on any atom is -0.474 e. The lowest BCUT2D eigenvalue weighted by Crippen LogP contribution is -2.54. The van der Waals surface area contributed by atoms with Gasteiger partial charge in [0.15, 0.2) is 0 Å². The fourth-order valence-corrected chi connectivity index (χ4v) is 3.68. The fraction of sp³-hybridized carbons (Fsp3) is 0.688. The van der Waals surface area contributed by atoms with E-state index in [-0.39, 0.29) is 12.2 Å². The maximum Gasteiger partial charge on any atom is 0.215 e. The summed E-state index contributed by atoms with van der Waals surface area (Å²) in [5.74, 6) is 0.692. The first-order chi connectivity index (χ1) is 10.3. The number of aliphatic hydroxyl groups excluding tert-OH is 1. The summed E-state index contributed by atoms with van der Waals surface area (Å²) in [5.41, 5.74) is 1.22. The maximum absolute atomic E-state index is 9.34. The van der Waals surface area contributed by atoms with Gasteiger partial charge in [0, 0.05) is 56.0 Å². The van der Waals surface area contributed by atoms with Crippen molar-refractivity contribution in [3.63, 3.8) is 0 Å². The fourth-order valence-electron chi connectivity index (χ4n) is 3.68. The highest BCUT2D eigenvalue weighted by Crippen LogP contribution is 2.30. The van der Waals surface area contributed by atoms with Crippen molar-refractivity contribution in [1.29, 1.82) is 0 Å². The number of fused-ring (bicyclic) bond motifs is 4. The van der Waals surface area contributed by atoms with E-state index in [0.29, 0.717) is 18.0 Å². The Morgan fingerprint density at radius 3 is 3.10 bits per heavy atom. The highest BCUT2D eigenvalue weighted by atomic mass is 16.5. The molecule has 3 saturated heterocycles. The molecule has 114 valence electrons. The number of anilines is 1. The molecule has 1 aromatic rings. The zero-order chi connectivity index (χ0) is 14.2. The van der Waals surface area contributed by atoms with Crippen molar-refractivity contribution in [3.05, 3.63) is 18.3 Å². The normalized spacial score (nSPS) is 35.2. The van der Waals surface area contributed by atoms with Crippen LogP contribution in [0, 0.1) is 0 Å². The predicted molar refractivity (Wildman–Crippen MR) is 80.7 cm³/mol. The summed E-state index contributed by atoms with van der Waals surface area (Å²) in [6, 6.07) is 5.35. The molecule has 4 fully saturated rings. The number of nitrogens with zero attached hydrogens (tertiary/aromatic N) is 2. The van der Waals surface area contributed by atoms with Crippen LogP contribution >= 0.6 is 0 Å². The van der Waals surface area contributed by atoms with E-state index in [1.165, 1.54) is 24.9 Å². The summed E-state index contributed by atoms with van der Waals surface area (Å²) < 4.78 is 5.85. The second-order valence-electron chi connectivity index (χ2n) is 6.56. The van der Waals surface area contributed by atoms with Gasteiger partial charge in [-0.25, -0.2) is 4.98 Å². The molecule has 0 spiro atoms. The molecule has 2 N–H and O–H groups in total. The Morgan fingerprint density at radius 2 is 2.24 bits per heavy atom. The second kappa shape index (κ2) is 5.46. The van der Waals surface area contributed by atoms with E-state index >= 15 is 0 Å². The second-order valence-corrected chi connectivity index (χ2v) is 6.56. The van der Waals surface area contributed by atoms with Crippen LogP contribution < -0.4 is 15.0 Å². The number of pyridine rings is 1. The third-order valence-corrected chi connectivity index (χ3v) is 5.00. The third kappa shape index (κ3) is 2.72. The molecular weight excluding hydrogens is 266 g/mol. The van der Waals surface area contributed by atoms with Gasteiger partial charge < -0.3 is 20.1 Å². The molecule has 1 aromatic heterocycles. The summed E-state index contributed by atoms with van der Waals surface area (Å²) in [4.78, 5) is 6.83. The highest BCUT2D eigenvalue weighted by molar-refractivity contribution is 5.50. The number of ether oxygens (including phenoxy) is 1. The summed E-state index contributed by atoms with van der Waals surface area (Å²) >= 11 is 0. The van der Waals surface area contributed by atoms with E-state index < -0.39 is 0 Å². The molecule has 2 bridgehead atoms. The Bertz CT molecular complexity index is 500. The molecule has 0 amide bonds. The van der Waals surface area contributed by atoms with Crippen molar-refractivity contribution in [2.75, 3.05) is 18.0 Å². The van der Waals surface area contributed by atoms with Gasteiger partial charge in [-0.3, -0.25) is 0 Å². The van der Waals surface area contributed by atoms with Gasteiger partial charge >= 0.3 is 0 Å². The number of hydrogen-bond acceptors (Lipinski definition) is 5. The van der Waals surface area contributed by atoms with E-state index in [9.17, 15) is 5.11 Å². The Hall–Kier alpha value is -1.33. The molecule has 5 nitrogen and oxygen atoms in total. The molecule has 1 saturated carbocycles. The number of rotatable bonds is 3. The molecule has 21 heavy (non-hydrogen) atoms. The van der Waals surface area contributed by atoms with Gasteiger partial charge in [0.05, 0.1) is 6.10 Å². The van der Waals surface area contributed by atoms with Crippen LogP contribution in [0.5, 0.6) is 5.88 Å². The summed E-state index contributed by atoms with van der Waals surface area (Å²) in [6.45, 7) is 2.16. The van der Waals surface area contributed by atoms with Crippen molar-refractivity contribution in [3.8, 4) is 5.88 Å². The first-order valence-corrected chi connectivity index (χ1v) is 8.09. The molecule has 0 aromatic carbocycles. The molecule has 3 aliphatic heterocycles. The van der Waals surface area contributed by atoms with Gasteiger partial charge in [-0.1, -0.05) is 0 Å². The topological polar surface area (TPSA) is 57.6 Å². The van der Waals surface area contributed by atoms with Gasteiger partial charge in [0.1, 0.15) is 6.10 Å². The van der Waals surface area contributed by atoms with Crippen molar-refractivity contribution in [2.45, 2.75) is 56.4 Å². The zero-order valence-corrected chi connectivity index (χ0v) is 12.2. The smallest absolute Gasteiger partial charge is 0.215 e. The molecule has 0 radical (unpaired) electrons. The average Bonchev–Trinajstić information content (AvgIpc) is 2.81. The molecule has 2 atom stereocenters. The van der Waals surface area contributed by atoms with Crippen LogP contribution in [0.4, 0.5) is 5.69 Å². The Balaban J connectivity index is 1.49. The maximum atomic E-state index is 9.34.